The Balaban J connectivity index is 1.72. The minimum Gasteiger partial charge on any atom is -0.347 e. The van der Waals surface area contributed by atoms with E-state index in [-0.39, 0.29) is 18.4 Å². The molecule has 2 aromatic carbocycles. The number of para-hydroxylation sites is 1. The van der Waals surface area contributed by atoms with Crippen LogP contribution in [0.5, 0.6) is 0 Å². The number of benzene rings is 2. The highest BCUT2D eigenvalue weighted by atomic mass is 16.2. The molecule has 0 saturated heterocycles. The average Bonchev–Trinajstić information content (AvgIpc) is 2.54. The summed E-state index contributed by atoms with van der Waals surface area (Å²) >= 11 is 0. The monoisotopic (exact) mass is 296 g/mol. The first-order valence-corrected chi connectivity index (χ1v) is 7.31. The van der Waals surface area contributed by atoms with E-state index < -0.39 is 0 Å². The molecule has 2 amide bonds. The molecule has 0 aliphatic carbocycles. The highest BCUT2D eigenvalue weighted by Gasteiger charge is 2.07. The Morgan fingerprint density at radius 1 is 0.909 bits per heavy atom. The summed E-state index contributed by atoms with van der Waals surface area (Å²) in [5.41, 5.74) is 2.87. The van der Waals surface area contributed by atoms with Crippen LogP contribution >= 0.6 is 0 Å². The molecule has 0 spiro atoms. The predicted octanol–water partition coefficient (Wildman–Crippen LogP) is 2.68. The maximum atomic E-state index is 11.8. The normalized spacial score (nSPS) is 10.0. The number of nitrogens with one attached hydrogen (secondary N) is 2. The minimum absolute atomic E-state index is 0.0119. The molecule has 0 atom stereocenters. The van der Waals surface area contributed by atoms with Gasteiger partial charge in [0.15, 0.2) is 0 Å². The number of carbonyl (C=O) groups excluding carboxylic acids is 2. The number of aryl methyl sites for hydroxylation is 2. The van der Waals surface area contributed by atoms with Gasteiger partial charge < -0.3 is 10.6 Å². The van der Waals surface area contributed by atoms with E-state index in [4.69, 9.17) is 0 Å². The van der Waals surface area contributed by atoms with Crippen molar-refractivity contribution in [2.24, 2.45) is 0 Å². The van der Waals surface area contributed by atoms with Gasteiger partial charge in [0, 0.05) is 12.1 Å². The zero-order chi connectivity index (χ0) is 15.8. The van der Waals surface area contributed by atoms with Crippen molar-refractivity contribution < 1.29 is 9.59 Å². The summed E-state index contributed by atoms with van der Waals surface area (Å²) in [4.78, 5) is 23.6. The van der Waals surface area contributed by atoms with Gasteiger partial charge in [0.2, 0.25) is 11.8 Å². The molecule has 2 N–H and O–H groups in total. The Labute approximate surface area is 130 Å². The van der Waals surface area contributed by atoms with E-state index in [0.29, 0.717) is 12.8 Å². The van der Waals surface area contributed by atoms with E-state index in [1.165, 1.54) is 0 Å². The molecule has 2 aromatic rings. The molecular formula is C18H20N2O2. The van der Waals surface area contributed by atoms with Crippen molar-refractivity contribution >= 4 is 17.5 Å². The van der Waals surface area contributed by atoms with Crippen LogP contribution in [0.2, 0.25) is 0 Å². The third-order valence-electron chi connectivity index (χ3n) is 3.35. The summed E-state index contributed by atoms with van der Waals surface area (Å²) in [7, 11) is 0. The molecule has 0 aromatic heterocycles. The predicted molar refractivity (Wildman–Crippen MR) is 87.6 cm³/mol. The number of anilines is 1. The third-order valence-corrected chi connectivity index (χ3v) is 3.35. The Morgan fingerprint density at radius 3 is 2.32 bits per heavy atom. The van der Waals surface area contributed by atoms with Crippen molar-refractivity contribution in [1.82, 2.24) is 5.32 Å². The number of hydrogen-bond acceptors (Lipinski definition) is 2. The van der Waals surface area contributed by atoms with Gasteiger partial charge in [0.25, 0.3) is 0 Å². The number of carbonyl (C=O) groups is 2. The van der Waals surface area contributed by atoms with Crippen LogP contribution in [0.15, 0.2) is 54.6 Å². The quantitative estimate of drug-likeness (QED) is 0.861. The summed E-state index contributed by atoms with van der Waals surface area (Å²) in [6.07, 6.45) is 1.05. The van der Waals surface area contributed by atoms with E-state index >= 15 is 0 Å². The van der Waals surface area contributed by atoms with Crippen LogP contribution in [0.25, 0.3) is 0 Å². The summed E-state index contributed by atoms with van der Waals surface area (Å²) in [5.74, 6) is -0.342. The van der Waals surface area contributed by atoms with Crippen molar-refractivity contribution in [2.75, 3.05) is 11.9 Å². The summed E-state index contributed by atoms with van der Waals surface area (Å²) < 4.78 is 0. The largest absolute Gasteiger partial charge is 0.347 e. The Morgan fingerprint density at radius 2 is 1.59 bits per heavy atom. The fourth-order valence-corrected chi connectivity index (χ4v) is 2.08. The van der Waals surface area contributed by atoms with Crippen molar-refractivity contribution in [3.05, 3.63) is 65.7 Å². The molecule has 4 nitrogen and oxygen atoms in total. The van der Waals surface area contributed by atoms with Crippen LogP contribution < -0.4 is 10.6 Å². The Kier molecular flexibility index (Phi) is 5.72. The number of hydrogen-bond donors (Lipinski definition) is 2. The minimum atomic E-state index is -0.220. The second-order valence-corrected chi connectivity index (χ2v) is 5.13. The summed E-state index contributed by atoms with van der Waals surface area (Å²) in [6, 6.07) is 17.3. The first-order valence-electron chi connectivity index (χ1n) is 7.31. The van der Waals surface area contributed by atoms with E-state index in [1.54, 1.807) is 0 Å². The first-order chi connectivity index (χ1) is 10.6. The molecule has 4 heteroatoms. The molecule has 0 radical (unpaired) electrons. The zero-order valence-corrected chi connectivity index (χ0v) is 12.6. The van der Waals surface area contributed by atoms with E-state index in [0.717, 1.165) is 16.8 Å². The van der Waals surface area contributed by atoms with Gasteiger partial charge in [-0.25, -0.2) is 0 Å². The fourth-order valence-electron chi connectivity index (χ4n) is 2.08. The van der Waals surface area contributed by atoms with Crippen molar-refractivity contribution in [3.63, 3.8) is 0 Å². The number of amides is 2. The van der Waals surface area contributed by atoms with Crippen molar-refractivity contribution in [2.45, 2.75) is 19.8 Å². The van der Waals surface area contributed by atoms with Gasteiger partial charge in [0.1, 0.15) is 0 Å². The van der Waals surface area contributed by atoms with Gasteiger partial charge in [-0.1, -0.05) is 48.5 Å². The molecule has 114 valence electrons. The molecule has 0 aliphatic rings. The fraction of sp³-hybridized carbons (Fsp3) is 0.222. The lowest BCUT2D eigenvalue weighted by Crippen LogP contribution is -2.33. The maximum Gasteiger partial charge on any atom is 0.243 e. The van der Waals surface area contributed by atoms with E-state index in [9.17, 15) is 9.59 Å². The lowest BCUT2D eigenvalue weighted by molar-refractivity contribution is -0.124. The SMILES string of the molecule is Cc1ccccc1NC(=O)CNC(=O)CCc1ccccc1. The average molecular weight is 296 g/mol. The molecule has 2 rings (SSSR count). The summed E-state index contributed by atoms with van der Waals surface area (Å²) in [5, 5.41) is 5.43. The molecule has 0 fully saturated rings. The van der Waals surface area contributed by atoms with Gasteiger partial charge in [0.05, 0.1) is 6.54 Å². The standard InChI is InChI=1S/C18H20N2O2/c1-14-7-5-6-10-16(14)20-18(22)13-19-17(21)12-11-15-8-3-2-4-9-15/h2-10H,11-13H2,1H3,(H,19,21)(H,20,22). The second kappa shape index (κ2) is 7.98. The van der Waals surface area contributed by atoms with E-state index in [2.05, 4.69) is 10.6 Å². The zero-order valence-electron chi connectivity index (χ0n) is 12.6. The molecule has 0 aliphatic heterocycles. The first kappa shape index (κ1) is 15.8. The highest BCUT2D eigenvalue weighted by molar-refractivity contribution is 5.95. The Hall–Kier alpha value is -2.62. The molecular weight excluding hydrogens is 276 g/mol. The molecule has 0 bridgehead atoms. The van der Waals surface area contributed by atoms with Gasteiger partial charge in [-0.05, 0) is 30.5 Å². The van der Waals surface area contributed by atoms with Crippen LogP contribution in [-0.2, 0) is 16.0 Å². The van der Waals surface area contributed by atoms with Gasteiger partial charge in [-0.2, -0.15) is 0 Å². The second-order valence-electron chi connectivity index (χ2n) is 5.13. The topological polar surface area (TPSA) is 58.2 Å². The van der Waals surface area contributed by atoms with Crippen LogP contribution in [-0.4, -0.2) is 18.4 Å². The third kappa shape index (κ3) is 5.05. The molecule has 0 heterocycles. The molecule has 0 saturated carbocycles. The van der Waals surface area contributed by atoms with Crippen LogP contribution in [0, 0.1) is 6.92 Å². The van der Waals surface area contributed by atoms with Gasteiger partial charge in [-0.3, -0.25) is 9.59 Å². The molecule has 22 heavy (non-hydrogen) atoms. The van der Waals surface area contributed by atoms with Gasteiger partial charge in [-0.15, -0.1) is 0 Å². The van der Waals surface area contributed by atoms with Crippen molar-refractivity contribution in [1.29, 1.82) is 0 Å². The van der Waals surface area contributed by atoms with E-state index in [1.807, 2.05) is 61.5 Å². The lowest BCUT2D eigenvalue weighted by atomic mass is 10.1. The van der Waals surface area contributed by atoms with Crippen LogP contribution in [0.3, 0.4) is 0 Å². The lowest BCUT2D eigenvalue weighted by Gasteiger charge is -2.09. The Bertz CT molecular complexity index is 639. The van der Waals surface area contributed by atoms with Crippen molar-refractivity contribution in [3.8, 4) is 0 Å². The summed E-state index contributed by atoms with van der Waals surface area (Å²) in [6.45, 7) is 1.91. The van der Waals surface area contributed by atoms with Gasteiger partial charge >= 0.3 is 0 Å². The smallest absolute Gasteiger partial charge is 0.243 e. The molecule has 0 unspecified atom stereocenters. The van der Waals surface area contributed by atoms with Crippen LogP contribution in [0.4, 0.5) is 5.69 Å². The highest BCUT2D eigenvalue weighted by Crippen LogP contribution is 2.12. The number of rotatable bonds is 6. The van der Waals surface area contributed by atoms with Crippen LogP contribution in [0.1, 0.15) is 17.5 Å². The maximum absolute atomic E-state index is 11.8.